The van der Waals surface area contributed by atoms with Crippen molar-refractivity contribution >= 4 is 28.3 Å². The first-order valence-electron chi connectivity index (χ1n) is 2.97. The summed E-state index contributed by atoms with van der Waals surface area (Å²) in [6.07, 6.45) is 1.81. The highest BCUT2D eigenvalue weighted by atomic mass is 35.9. The van der Waals surface area contributed by atoms with E-state index < -0.39 is 5.85 Å². The SMILES string of the molecule is CCCC(C)P(=O)(Cl)Cl. The third kappa shape index (κ3) is 4.25. The topological polar surface area (TPSA) is 17.1 Å². The van der Waals surface area contributed by atoms with E-state index in [2.05, 4.69) is 0 Å². The van der Waals surface area contributed by atoms with Crippen molar-refractivity contribution in [2.24, 2.45) is 0 Å². The molecule has 0 bridgehead atoms. The van der Waals surface area contributed by atoms with Gasteiger partial charge in [0.15, 0.2) is 0 Å². The molecule has 1 nitrogen and oxygen atoms in total. The highest BCUT2D eigenvalue weighted by molar-refractivity contribution is 8.09. The summed E-state index contributed by atoms with van der Waals surface area (Å²) in [4.78, 5) is 0. The zero-order valence-electron chi connectivity index (χ0n) is 5.60. The third-order valence-electron chi connectivity index (χ3n) is 1.22. The molecular formula is C5H11Cl2OP. The number of halogens is 2. The molecule has 0 heterocycles. The van der Waals surface area contributed by atoms with Crippen molar-refractivity contribution in [3.63, 3.8) is 0 Å². The molecule has 0 saturated carbocycles. The molecule has 0 rings (SSSR count). The first kappa shape index (κ1) is 9.81. The number of hydrogen-bond donors (Lipinski definition) is 0. The molecule has 0 saturated heterocycles. The highest BCUT2D eigenvalue weighted by Gasteiger charge is 2.22. The van der Waals surface area contributed by atoms with Gasteiger partial charge in [0.2, 0.25) is 0 Å². The van der Waals surface area contributed by atoms with Crippen molar-refractivity contribution in [1.29, 1.82) is 0 Å². The average molecular weight is 189 g/mol. The summed E-state index contributed by atoms with van der Waals surface area (Å²) in [6, 6.07) is 0. The maximum atomic E-state index is 10.8. The van der Waals surface area contributed by atoms with E-state index in [4.69, 9.17) is 22.5 Å². The fourth-order valence-electron chi connectivity index (χ4n) is 0.568. The smallest absolute Gasteiger partial charge is 0.255 e. The van der Waals surface area contributed by atoms with Crippen molar-refractivity contribution in [2.75, 3.05) is 0 Å². The van der Waals surface area contributed by atoms with Gasteiger partial charge < -0.3 is 0 Å². The maximum absolute atomic E-state index is 10.8. The van der Waals surface area contributed by atoms with Gasteiger partial charge in [0.1, 0.15) is 0 Å². The minimum atomic E-state index is -2.83. The van der Waals surface area contributed by atoms with Crippen LogP contribution in [0, 0.1) is 0 Å². The Morgan fingerprint density at radius 2 is 2.00 bits per heavy atom. The molecule has 0 aromatic heterocycles. The second-order valence-corrected chi connectivity index (χ2v) is 7.56. The summed E-state index contributed by atoms with van der Waals surface area (Å²) < 4.78 is 10.8. The predicted molar refractivity (Wildman–Crippen MR) is 43.7 cm³/mol. The molecule has 9 heavy (non-hydrogen) atoms. The Hall–Kier alpha value is 0.810. The van der Waals surface area contributed by atoms with Gasteiger partial charge in [0, 0.05) is 5.66 Å². The molecule has 0 aliphatic heterocycles. The van der Waals surface area contributed by atoms with E-state index in [9.17, 15) is 4.57 Å². The lowest BCUT2D eigenvalue weighted by Crippen LogP contribution is -1.94. The van der Waals surface area contributed by atoms with Gasteiger partial charge in [-0.1, -0.05) is 20.3 Å². The minimum absolute atomic E-state index is 0.0502. The third-order valence-corrected chi connectivity index (χ3v) is 4.50. The molecule has 0 aliphatic rings. The standard InChI is InChI=1S/C5H11Cl2OP/c1-3-4-5(2)9(6,7)8/h5H,3-4H2,1-2H3. The Morgan fingerprint density at radius 1 is 1.56 bits per heavy atom. The van der Waals surface area contributed by atoms with Crippen LogP contribution in [-0.2, 0) is 4.57 Å². The van der Waals surface area contributed by atoms with Crippen LogP contribution in [0.4, 0.5) is 0 Å². The zero-order chi connectivity index (χ0) is 7.49. The molecule has 0 aliphatic carbocycles. The van der Waals surface area contributed by atoms with Crippen LogP contribution in [0.25, 0.3) is 0 Å². The van der Waals surface area contributed by atoms with E-state index in [0.29, 0.717) is 0 Å². The molecule has 4 heteroatoms. The van der Waals surface area contributed by atoms with Crippen LogP contribution in [0.2, 0.25) is 0 Å². The Labute approximate surface area is 65.7 Å². The Balaban J connectivity index is 3.74. The highest BCUT2D eigenvalue weighted by Crippen LogP contribution is 2.61. The Bertz CT molecular complexity index is 120. The molecule has 0 aromatic rings. The molecule has 1 unspecified atom stereocenters. The van der Waals surface area contributed by atoms with Crippen LogP contribution in [0.5, 0.6) is 0 Å². The van der Waals surface area contributed by atoms with Gasteiger partial charge >= 0.3 is 0 Å². The van der Waals surface area contributed by atoms with Crippen molar-refractivity contribution in [3.05, 3.63) is 0 Å². The van der Waals surface area contributed by atoms with Crippen LogP contribution in [0.3, 0.4) is 0 Å². The van der Waals surface area contributed by atoms with E-state index in [1.165, 1.54) is 0 Å². The van der Waals surface area contributed by atoms with Gasteiger partial charge in [-0.25, -0.2) is 0 Å². The van der Waals surface area contributed by atoms with E-state index >= 15 is 0 Å². The Kier molecular flexibility index (Phi) is 4.20. The predicted octanol–water partition coefficient (Wildman–Crippen LogP) is 3.85. The van der Waals surface area contributed by atoms with Gasteiger partial charge in [-0.05, 0) is 28.9 Å². The van der Waals surface area contributed by atoms with E-state index in [1.54, 1.807) is 0 Å². The number of hydrogen-bond acceptors (Lipinski definition) is 1. The van der Waals surface area contributed by atoms with Crippen LogP contribution in [0.1, 0.15) is 26.7 Å². The molecule has 0 amide bonds. The lowest BCUT2D eigenvalue weighted by molar-refractivity contribution is 0.581. The van der Waals surface area contributed by atoms with E-state index in [-0.39, 0.29) is 5.66 Å². The lowest BCUT2D eigenvalue weighted by Gasteiger charge is -2.09. The van der Waals surface area contributed by atoms with Gasteiger partial charge in [0.05, 0.1) is 0 Å². The largest absolute Gasteiger partial charge is 0.289 e. The first-order valence-corrected chi connectivity index (χ1v) is 6.56. The summed E-state index contributed by atoms with van der Waals surface area (Å²) in [6.45, 7) is 3.82. The van der Waals surface area contributed by atoms with Crippen molar-refractivity contribution in [3.8, 4) is 0 Å². The maximum Gasteiger partial charge on any atom is 0.255 e. The van der Waals surface area contributed by atoms with Crippen molar-refractivity contribution in [1.82, 2.24) is 0 Å². The molecule has 0 aromatic carbocycles. The van der Waals surface area contributed by atoms with Gasteiger partial charge in [0.25, 0.3) is 5.85 Å². The number of rotatable bonds is 3. The molecular weight excluding hydrogens is 178 g/mol. The normalized spacial score (nSPS) is 15.6. The zero-order valence-corrected chi connectivity index (χ0v) is 8.01. The van der Waals surface area contributed by atoms with Crippen LogP contribution >= 0.6 is 28.3 Å². The average Bonchev–Trinajstić information content (AvgIpc) is 1.64. The summed E-state index contributed by atoms with van der Waals surface area (Å²) >= 11 is 10.8. The molecule has 0 N–H and O–H groups in total. The quantitative estimate of drug-likeness (QED) is 0.616. The molecule has 56 valence electrons. The van der Waals surface area contributed by atoms with Crippen LogP contribution < -0.4 is 0 Å². The lowest BCUT2D eigenvalue weighted by atomic mass is 10.3. The minimum Gasteiger partial charge on any atom is -0.289 e. The molecule has 1 atom stereocenters. The molecule has 0 fully saturated rings. The monoisotopic (exact) mass is 188 g/mol. The van der Waals surface area contributed by atoms with Crippen LogP contribution in [-0.4, -0.2) is 5.66 Å². The summed E-state index contributed by atoms with van der Waals surface area (Å²) in [5.74, 6) is -2.83. The first-order chi connectivity index (χ1) is 3.98. The summed E-state index contributed by atoms with van der Waals surface area (Å²) in [5, 5.41) is 0. The van der Waals surface area contributed by atoms with Gasteiger partial charge in [-0.15, -0.1) is 0 Å². The van der Waals surface area contributed by atoms with Gasteiger partial charge in [-0.2, -0.15) is 0 Å². The fraction of sp³-hybridized carbons (Fsp3) is 1.00. The molecule has 0 spiro atoms. The summed E-state index contributed by atoms with van der Waals surface area (Å²) in [5.41, 5.74) is -0.0502. The van der Waals surface area contributed by atoms with Crippen LogP contribution in [0.15, 0.2) is 0 Å². The second-order valence-electron chi connectivity index (χ2n) is 2.14. The fourth-order valence-corrected chi connectivity index (χ4v) is 1.71. The van der Waals surface area contributed by atoms with E-state index in [0.717, 1.165) is 12.8 Å². The van der Waals surface area contributed by atoms with Gasteiger partial charge in [-0.3, -0.25) is 4.57 Å². The summed E-state index contributed by atoms with van der Waals surface area (Å²) in [7, 11) is 0. The van der Waals surface area contributed by atoms with Crippen molar-refractivity contribution in [2.45, 2.75) is 32.3 Å². The molecule has 0 radical (unpaired) electrons. The Morgan fingerprint density at radius 3 is 2.11 bits per heavy atom. The van der Waals surface area contributed by atoms with Crippen molar-refractivity contribution < 1.29 is 4.57 Å². The second kappa shape index (κ2) is 3.85. The van der Waals surface area contributed by atoms with E-state index in [1.807, 2.05) is 13.8 Å².